The van der Waals surface area contributed by atoms with Crippen LogP contribution in [0.1, 0.15) is 59.3 Å². The number of nitrogens with one attached hydrogen (secondary N) is 3. The second-order valence-corrected chi connectivity index (χ2v) is 8.80. The van der Waals surface area contributed by atoms with Crippen LogP contribution < -0.4 is 16.0 Å². The van der Waals surface area contributed by atoms with Gasteiger partial charge in [0.1, 0.15) is 12.1 Å². The van der Waals surface area contributed by atoms with E-state index in [1.54, 1.807) is 12.1 Å². The standard InChI is InChI=1S/C27H32N4O8/c1-17-5-7-18(8-6-17)9-11-20-12-10-19(16-29-20)24(34)28-15-3-2-4-21(25(35)36)30-27(39)31-22(26(37)38)13-14-23(32)33/h5-12,16,21-22H,2-4,13-15H2,1H3,(H,28,34)(H,32,33)(H,35,36)(H,37,38)(H2,30,31,39). The number of urea groups is 1. The zero-order valence-electron chi connectivity index (χ0n) is 21.4. The molecule has 0 aliphatic rings. The maximum atomic E-state index is 12.4. The largest absolute Gasteiger partial charge is 0.481 e. The van der Waals surface area contributed by atoms with Crippen molar-refractivity contribution in [2.45, 2.75) is 51.1 Å². The number of amides is 3. The maximum absolute atomic E-state index is 12.4. The predicted octanol–water partition coefficient (Wildman–Crippen LogP) is 2.53. The molecule has 3 amide bonds. The third-order valence-electron chi connectivity index (χ3n) is 5.63. The van der Waals surface area contributed by atoms with Crippen LogP contribution in [-0.4, -0.2) is 68.8 Å². The van der Waals surface area contributed by atoms with Crippen LogP contribution in [0, 0.1) is 6.92 Å². The summed E-state index contributed by atoms with van der Waals surface area (Å²) in [5.74, 6) is -4.30. The summed E-state index contributed by atoms with van der Waals surface area (Å²) in [5, 5.41) is 34.1. The molecule has 12 heteroatoms. The van der Waals surface area contributed by atoms with Gasteiger partial charge in [-0.15, -0.1) is 0 Å². The topological polar surface area (TPSA) is 195 Å². The monoisotopic (exact) mass is 540 g/mol. The van der Waals surface area contributed by atoms with Crippen LogP contribution in [0.3, 0.4) is 0 Å². The van der Waals surface area contributed by atoms with Crippen molar-refractivity contribution in [1.29, 1.82) is 0 Å². The molecule has 39 heavy (non-hydrogen) atoms. The second kappa shape index (κ2) is 15.5. The van der Waals surface area contributed by atoms with E-state index in [1.165, 1.54) is 11.8 Å². The number of rotatable bonds is 15. The van der Waals surface area contributed by atoms with E-state index in [0.717, 1.165) is 5.56 Å². The number of carboxylic acid groups (broad SMARTS) is 3. The minimum absolute atomic E-state index is 0.0368. The summed E-state index contributed by atoms with van der Waals surface area (Å²) in [6.07, 6.45) is 5.23. The van der Waals surface area contributed by atoms with E-state index in [1.807, 2.05) is 43.3 Å². The van der Waals surface area contributed by atoms with E-state index in [4.69, 9.17) is 10.2 Å². The fourth-order valence-electron chi connectivity index (χ4n) is 3.42. The SMILES string of the molecule is Cc1ccc(C=Cc2ccc(C(=O)NCCCCC(NC(=O)NC(CCC(=O)O)C(=O)O)C(=O)O)cn2)cc1. The lowest BCUT2D eigenvalue weighted by atomic mass is 10.1. The Balaban J connectivity index is 1.74. The predicted molar refractivity (Wildman–Crippen MR) is 142 cm³/mol. The number of pyridine rings is 1. The summed E-state index contributed by atoms with van der Waals surface area (Å²) in [5.41, 5.74) is 3.27. The first-order valence-corrected chi connectivity index (χ1v) is 12.3. The zero-order chi connectivity index (χ0) is 28.8. The lowest BCUT2D eigenvalue weighted by Gasteiger charge is -2.18. The number of hydrogen-bond acceptors (Lipinski definition) is 6. The van der Waals surface area contributed by atoms with Crippen LogP contribution in [0.2, 0.25) is 0 Å². The van der Waals surface area contributed by atoms with Gasteiger partial charge in [-0.3, -0.25) is 14.6 Å². The Hall–Kier alpha value is -4.74. The molecule has 12 nitrogen and oxygen atoms in total. The molecule has 1 heterocycles. The van der Waals surface area contributed by atoms with Crippen LogP contribution >= 0.6 is 0 Å². The van der Waals surface area contributed by atoms with Gasteiger partial charge in [0.2, 0.25) is 0 Å². The molecule has 208 valence electrons. The number of aliphatic carboxylic acids is 3. The minimum Gasteiger partial charge on any atom is -0.481 e. The van der Waals surface area contributed by atoms with Gasteiger partial charge in [0, 0.05) is 19.2 Å². The Labute approximate surface area is 225 Å². The van der Waals surface area contributed by atoms with E-state index >= 15 is 0 Å². The molecule has 0 aliphatic heterocycles. The number of hydrogen-bond donors (Lipinski definition) is 6. The summed E-state index contributed by atoms with van der Waals surface area (Å²) in [4.78, 5) is 62.0. The van der Waals surface area contributed by atoms with Crippen LogP contribution in [0.25, 0.3) is 12.2 Å². The van der Waals surface area contributed by atoms with Crippen molar-refractivity contribution in [3.8, 4) is 0 Å². The fraction of sp³-hybridized carbons (Fsp3) is 0.333. The van der Waals surface area contributed by atoms with Crippen molar-refractivity contribution in [1.82, 2.24) is 20.9 Å². The van der Waals surface area contributed by atoms with Gasteiger partial charge >= 0.3 is 23.9 Å². The molecular formula is C27H32N4O8. The average molecular weight is 541 g/mol. The molecule has 0 aliphatic carbocycles. The molecule has 2 atom stereocenters. The molecular weight excluding hydrogens is 508 g/mol. The third-order valence-corrected chi connectivity index (χ3v) is 5.63. The average Bonchev–Trinajstić information content (AvgIpc) is 2.89. The van der Waals surface area contributed by atoms with Gasteiger partial charge in [-0.05, 0) is 56.4 Å². The Kier molecular flexibility index (Phi) is 12.1. The lowest BCUT2D eigenvalue weighted by molar-refractivity contribution is -0.140. The number of carboxylic acids is 3. The highest BCUT2D eigenvalue weighted by Crippen LogP contribution is 2.09. The molecule has 2 unspecified atom stereocenters. The molecule has 0 fully saturated rings. The number of carbonyl (C=O) groups excluding carboxylic acids is 2. The van der Waals surface area contributed by atoms with Crippen molar-refractivity contribution < 1.29 is 39.3 Å². The number of carbonyl (C=O) groups is 5. The highest BCUT2D eigenvalue weighted by molar-refractivity contribution is 5.94. The fourth-order valence-corrected chi connectivity index (χ4v) is 3.42. The van der Waals surface area contributed by atoms with Gasteiger partial charge in [-0.1, -0.05) is 35.9 Å². The molecule has 1 aromatic carbocycles. The van der Waals surface area contributed by atoms with Crippen LogP contribution in [-0.2, 0) is 14.4 Å². The number of unbranched alkanes of at least 4 members (excludes halogenated alkanes) is 1. The first-order chi connectivity index (χ1) is 18.5. The zero-order valence-corrected chi connectivity index (χ0v) is 21.4. The molecule has 2 rings (SSSR count). The first kappa shape index (κ1) is 30.5. The maximum Gasteiger partial charge on any atom is 0.326 e. The van der Waals surface area contributed by atoms with Crippen LogP contribution in [0.4, 0.5) is 4.79 Å². The summed E-state index contributed by atoms with van der Waals surface area (Å²) in [7, 11) is 0. The Bertz CT molecular complexity index is 1180. The summed E-state index contributed by atoms with van der Waals surface area (Å²) >= 11 is 0. The van der Waals surface area contributed by atoms with Crippen molar-refractivity contribution in [3.63, 3.8) is 0 Å². The van der Waals surface area contributed by atoms with Crippen molar-refractivity contribution in [2.75, 3.05) is 6.54 Å². The molecule has 0 saturated heterocycles. The van der Waals surface area contributed by atoms with Crippen LogP contribution in [0.5, 0.6) is 0 Å². The van der Waals surface area contributed by atoms with Gasteiger partial charge < -0.3 is 31.3 Å². The summed E-state index contributed by atoms with van der Waals surface area (Å²) < 4.78 is 0. The molecule has 1 aromatic heterocycles. The van der Waals surface area contributed by atoms with E-state index in [9.17, 15) is 29.1 Å². The highest BCUT2D eigenvalue weighted by atomic mass is 16.4. The lowest BCUT2D eigenvalue weighted by Crippen LogP contribution is -2.51. The minimum atomic E-state index is -1.47. The smallest absolute Gasteiger partial charge is 0.326 e. The molecule has 2 aromatic rings. The first-order valence-electron chi connectivity index (χ1n) is 12.3. The van der Waals surface area contributed by atoms with Gasteiger partial charge in [0.05, 0.1) is 11.3 Å². The third kappa shape index (κ3) is 11.5. The Morgan fingerprint density at radius 3 is 2.05 bits per heavy atom. The normalized spacial score (nSPS) is 12.3. The number of benzene rings is 1. The van der Waals surface area contributed by atoms with Gasteiger partial charge in [-0.25, -0.2) is 14.4 Å². The molecule has 0 radical (unpaired) electrons. The number of nitrogens with zero attached hydrogens (tertiary/aromatic N) is 1. The summed E-state index contributed by atoms with van der Waals surface area (Å²) in [6, 6.07) is 7.61. The van der Waals surface area contributed by atoms with Crippen molar-refractivity contribution in [2.24, 2.45) is 0 Å². The van der Waals surface area contributed by atoms with Gasteiger partial charge in [0.15, 0.2) is 0 Å². The number of aryl methyl sites for hydroxylation is 1. The van der Waals surface area contributed by atoms with E-state index in [0.29, 0.717) is 24.1 Å². The Morgan fingerprint density at radius 2 is 1.49 bits per heavy atom. The molecule has 0 spiro atoms. The Morgan fingerprint density at radius 1 is 0.846 bits per heavy atom. The van der Waals surface area contributed by atoms with E-state index in [-0.39, 0.29) is 25.3 Å². The van der Waals surface area contributed by atoms with Crippen LogP contribution in [0.15, 0.2) is 42.6 Å². The van der Waals surface area contributed by atoms with E-state index < -0.39 is 42.4 Å². The molecule has 6 N–H and O–H groups in total. The van der Waals surface area contributed by atoms with Gasteiger partial charge in [-0.2, -0.15) is 0 Å². The summed E-state index contributed by atoms with van der Waals surface area (Å²) in [6.45, 7) is 2.28. The second-order valence-electron chi connectivity index (χ2n) is 8.80. The molecule has 0 saturated carbocycles. The van der Waals surface area contributed by atoms with Gasteiger partial charge in [0.25, 0.3) is 5.91 Å². The molecule has 0 bridgehead atoms. The quantitative estimate of drug-likeness (QED) is 0.184. The van der Waals surface area contributed by atoms with Crippen molar-refractivity contribution >= 4 is 42.0 Å². The van der Waals surface area contributed by atoms with E-state index in [2.05, 4.69) is 20.9 Å². The number of aromatic nitrogens is 1. The van der Waals surface area contributed by atoms with Crippen molar-refractivity contribution in [3.05, 3.63) is 65.0 Å². The highest BCUT2D eigenvalue weighted by Gasteiger charge is 2.24.